The first kappa shape index (κ1) is 16.3. The summed E-state index contributed by atoms with van der Waals surface area (Å²) in [6.07, 6.45) is 0. The molecule has 0 fully saturated rings. The van der Waals surface area contributed by atoms with Gasteiger partial charge < -0.3 is 9.88 Å². The Labute approximate surface area is 146 Å². The molecule has 0 bridgehead atoms. The topological polar surface area (TPSA) is 34.0 Å². The van der Waals surface area contributed by atoms with E-state index < -0.39 is 0 Å². The Balaban J connectivity index is 2.01. The van der Waals surface area contributed by atoms with Crippen molar-refractivity contribution in [2.45, 2.75) is 20.8 Å². The van der Waals surface area contributed by atoms with E-state index >= 15 is 0 Å². The molecule has 0 aliphatic carbocycles. The molecule has 3 rings (SSSR count). The summed E-state index contributed by atoms with van der Waals surface area (Å²) in [6.45, 7) is 6.00. The molecule has 0 aliphatic rings. The van der Waals surface area contributed by atoms with Gasteiger partial charge in [0.05, 0.1) is 11.3 Å². The minimum absolute atomic E-state index is 0.150. The van der Waals surface area contributed by atoms with Crippen LogP contribution in [0, 0.1) is 20.8 Å². The fraction of sp³-hybridized carbons (Fsp3) is 0.150. The van der Waals surface area contributed by atoms with Crippen molar-refractivity contribution in [2.24, 2.45) is 0 Å². The molecule has 1 aromatic heterocycles. The predicted molar refractivity (Wildman–Crippen MR) is 99.4 cm³/mol. The van der Waals surface area contributed by atoms with Crippen LogP contribution in [0.4, 0.5) is 5.69 Å². The summed E-state index contributed by atoms with van der Waals surface area (Å²) in [6, 6.07) is 17.2. The second-order valence-electron chi connectivity index (χ2n) is 5.88. The summed E-state index contributed by atoms with van der Waals surface area (Å²) >= 11 is 6.04. The number of anilines is 1. The largest absolute Gasteiger partial charge is 0.322 e. The van der Waals surface area contributed by atoms with Crippen molar-refractivity contribution in [1.82, 2.24) is 4.57 Å². The molecule has 24 heavy (non-hydrogen) atoms. The zero-order valence-electron chi connectivity index (χ0n) is 13.9. The van der Waals surface area contributed by atoms with Crippen LogP contribution < -0.4 is 5.32 Å². The smallest absolute Gasteiger partial charge is 0.257 e. The number of halogens is 1. The SMILES string of the molecule is Cc1ccc(Cl)cc1NC(=O)c1ccccc1-n1c(C)ccc1C. The molecule has 0 spiro atoms. The van der Waals surface area contributed by atoms with E-state index in [9.17, 15) is 4.79 Å². The Bertz CT molecular complexity index is 892. The first-order valence-corrected chi connectivity index (χ1v) is 8.17. The quantitative estimate of drug-likeness (QED) is 0.690. The van der Waals surface area contributed by atoms with Gasteiger partial charge in [-0.25, -0.2) is 0 Å². The number of rotatable bonds is 3. The van der Waals surface area contributed by atoms with E-state index in [1.807, 2.05) is 69.3 Å². The number of aryl methyl sites for hydroxylation is 3. The Hall–Kier alpha value is -2.52. The number of amides is 1. The summed E-state index contributed by atoms with van der Waals surface area (Å²) in [5.41, 5.74) is 5.37. The van der Waals surface area contributed by atoms with Crippen molar-refractivity contribution in [3.05, 3.63) is 82.1 Å². The molecular weight excluding hydrogens is 320 g/mol. The van der Waals surface area contributed by atoms with Gasteiger partial charge in [0, 0.05) is 22.1 Å². The van der Waals surface area contributed by atoms with Gasteiger partial charge in [-0.15, -0.1) is 0 Å². The van der Waals surface area contributed by atoms with Crippen molar-refractivity contribution < 1.29 is 4.79 Å². The molecule has 1 N–H and O–H groups in total. The molecule has 122 valence electrons. The molecule has 2 aromatic carbocycles. The molecule has 4 heteroatoms. The number of nitrogens with zero attached hydrogens (tertiary/aromatic N) is 1. The number of hydrogen-bond acceptors (Lipinski definition) is 1. The molecule has 1 heterocycles. The maximum absolute atomic E-state index is 12.8. The van der Waals surface area contributed by atoms with Crippen LogP contribution >= 0.6 is 11.6 Å². The van der Waals surface area contributed by atoms with Crippen LogP contribution in [0.15, 0.2) is 54.6 Å². The lowest BCUT2D eigenvalue weighted by Gasteiger charge is -2.15. The zero-order valence-corrected chi connectivity index (χ0v) is 14.7. The van der Waals surface area contributed by atoms with Gasteiger partial charge in [0.2, 0.25) is 0 Å². The summed E-state index contributed by atoms with van der Waals surface area (Å²) in [7, 11) is 0. The van der Waals surface area contributed by atoms with E-state index in [0.29, 0.717) is 10.6 Å². The number of nitrogens with one attached hydrogen (secondary N) is 1. The average molecular weight is 339 g/mol. The van der Waals surface area contributed by atoms with Crippen molar-refractivity contribution in [1.29, 1.82) is 0 Å². The number of para-hydroxylation sites is 1. The fourth-order valence-electron chi connectivity index (χ4n) is 2.83. The van der Waals surface area contributed by atoms with Crippen molar-refractivity contribution in [2.75, 3.05) is 5.32 Å². The minimum Gasteiger partial charge on any atom is -0.322 e. The Morgan fingerprint density at radius 1 is 0.958 bits per heavy atom. The molecule has 3 aromatic rings. The van der Waals surface area contributed by atoms with Gasteiger partial charge in [-0.3, -0.25) is 4.79 Å². The first-order chi connectivity index (χ1) is 11.5. The molecule has 0 saturated heterocycles. The van der Waals surface area contributed by atoms with Crippen molar-refractivity contribution in [3.63, 3.8) is 0 Å². The number of benzene rings is 2. The average Bonchev–Trinajstić information content (AvgIpc) is 2.89. The van der Waals surface area contributed by atoms with Gasteiger partial charge in [-0.2, -0.15) is 0 Å². The van der Waals surface area contributed by atoms with Gasteiger partial charge in [-0.1, -0.05) is 29.8 Å². The van der Waals surface area contributed by atoms with Crippen LogP contribution in [0.5, 0.6) is 0 Å². The third kappa shape index (κ3) is 3.08. The second-order valence-corrected chi connectivity index (χ2v) is 6.32. The molecule has 0 radical (unpaired) electrons. The zero-order chi connectivity index (χ0) is 17.3. The van der Waals surface area contributed by atoms with E-state index in [0.717, 1.165) is 28.3 Å². The van der Waals surface area contributed by atoms with Gasteiger partial charge >= 0.3 is 0 Å². The molecule has 1 amide bonds. The van der Waals surface area contributed by atoms with Crippen LogP contribution in [-0.4, -0.2) is 10.5 Å². The van der Waals surface area contributed by atoms with Crippen molar-refractivity contribution >= 4 is 23.2 Å². The van der Waals surface area contributed by atoms with Crippen LogP contribution in [-0.2, 0) is 0 Å². The maximum atomic E-state index is 12.8. The van der Waals surface area contributed by atoms with Crippen LogP contribution in [0.2, 0.25) is 5.02 Å². The number of aromatic nitrogens is 1. The van der Waals surface area contributed by atoms with Gasteiger partial charge in [-0.05, 0) is 62.7 Å². The molecule has 3 nitrogen and oxygen atoms in total. The van der Waals surface area contributed by atoms with Crippen molar-refractivity contribution in [3.8, 4) is 5.69 Å². The lowest BCUT2D eigenvalue weighted by atomic mass is 10.1. The predicted octanol–water partition coefficient (Wildman–Crippen LogP) is 5.31. The molecule has 0 saturated carbocycles. The van der Waals surface area contributed by atoms with E-state index in [-0.39, 0.29) is 5.91 Å². The van der Waals surface area contributed by atoms with Gasteiger partial charge in [0.1, 0.15) is 0 Å². The maximum Gasteiger partial charge on any atom is 0.257 e. The Kier molecular flexibility index (Phi) is 4.45. The summed E-state index contributed by atoms with van der Waals surface area (Å²) in [5, 5.41) is 3.57. The summed E-state index contributed by atoms with van der Waals surface area (Å²) in [4.78, 5) is 12.8. The third-order valence-electron chi connectivity index (χ3n) is 4.11. The van der Waals surface area contributed by atoms with Gasteiger partial charge in [0.25, 0.3) is 5.91 Å². The fourth-order valence-corrected chi connectivity index (χ4v) is 3.00. The highest BCUT2D eigenvalue weighted by atomic mass is 35.5. The van der Waals surface area contributed by atoms with E-state index in [1.54, 1.807) is 6.07 Å². The highest BCUT2D eigenvalue weighted by molar-refractivity contribution is 6.31. The van der Waals surface area contributed by atoms with Crippen LogP contribution in [0.3, 0.4) is 0 Å². The van der Waals surface area contributed by atoms with E-state index in [2.05, 4.69) is 9.88 Å². The number of carbonyl (C=O) groups excluding carboxylic acids is 1. The van der Waals surface area contributed by atoms with Crippen LogP contribution in [0.25, 0.3) is 5.69 Å². The number of hydrogen-bond donors (Lipinski definition) is 1. The first-order valence-electron chi connectivity index (χ1n) is 7.79. The third-order valence-corrected chi connectivity index (χ3v) is 4.34. The summed E-state index contributed by atoms with van der Waals surface area (Å²) < 4.78 is 2.08. The van der Waals surface area contributed by atoms with E-state index in [4.69, 9.17) is 11.6 Å². The standard InChI is InChI=1S/C20H19ClN2O/c1-13-8-11-16(21)12-18(13)22-20(24)17-6-4-5-7-19(17)23-14(2)9-10-15(23)3/h4-12H,1-3H3,(H,22,24). The Morgan fingerprint density at radius 3 is 2.33 bits per heavy atom. The lowest BCUT2D eigenvalue weighted by molar-refractivity contribution is 0.102. The highest BCUT2D eigenvalue weighted by Crippen LogP contribution is 2.24. The highest BCUT2D eigenvalue weighted by Gasteiger charge is 2.15. The molecular formula is C20H19ClN2O. The lowest BCUT2D eigenvalue weighted by Crippen LogP contribution is -2.16. The minimum atomic E-state index is -0.150. The van der Waals surface area contributed by atoms with E-state index in [1.165, 1.54) is 0 Å². The molecule has 0 aliphatic heterocycles. The monoisotopic (exact) mass is 338 g/mol. The second kappa shape index (κ2) is 6.54. The number of carbonyl (C=O) groups is 1. The normalized spacial score (nSPS) is 10.7. The molecule has 0 unspecified atom stereocenters. The van der Waals surface area contributed by atoms with Gasteiger partial charge in [0.15, 0.2) is 0 Å². The summed E-state index contributed by atoms with van der Waals surface area (Å²) in [5.74, 6) is -0.150. The van der Waals surface area contributed by atoms with Crippen LogP contribution in [0.1, 0.15) is 27.3 Å². The Morgan fingerprint density at radius 2 is 1.62 bits per heavy atom. The molecule has 0 atom stereocenters.